The van der Waals surface area contributed by atoms with Crippen LogP contribution >= 0.6 is 11.3 Å². The predicted octanol–water partition coefficient (Wildman–Crippen LogP) is 2.22. The van der Waals surface area contributed by atoms with Crippen LogP contribution in [0.1, 0.15) is 26.5 Å². The number of methoxy groups -OCH3 is 1. The summed E-state index contributed by atoms with van der Waals surface area (Å²) in [7, 11) is 1.55. The van der Waals surface area contributed by atoms with Crippen molar-refractivity contribution >= 4 is 33.1 Å². The topological polar surface area (TPSA) is 103 Å². The Morgan fingerprint density at radius 3 is 2.92 bits per heavy atom. The lowest BCUT2D eigenvalue weighted by Crippen LogP contribution is -2.22. The first kappa shape index (κ1) is 16.1. The highest BCUT2D eigenvalue weighted by Gasteiger charge is 2.19. The van der Waals surface area contributed by atoms with E-state index in [1.165, 1.54) is 11.3 Å². The molecule has 3 N–H and O–H groups in total. The van der Waals surface area contributed by atoms with Crippen molar-refractivity contribution in [2.75, 3.05) is 12.8 Å². The molecule has 0 bridgehead atoms. The lowest BCUT2D eigenvalue weighted by Gasteiger charge is -2.06. The number of nitrogens with two attached hydrogens (primary N) is 1. The molecule has 3 aromatic rings. The zero-order valence-corrected chi connectivity index (χ0v) is 14.4. The number of rotatable bonds is 4. The third-order valence-electron chi connectivity index (χ3n) is 3.80. The van der Waals surface area contributed by atoms with Crippen molar-refractivity contribution in [3.8, 4) is 5.88 Å². The van der Waals surface area contributed by atoms with Crippen molar-refractivity contribution in [1.82, 2.24) is 20.5 Å². The molecule has 3 heterocycles. The van der Waals surface area contributed by atoms with E-state index in [0.29, 0.717) is 27.8 Å². The van der Waals surface area contributed by atoms with Gasteiger partial charge >= 0.3 is 0 Å². The van der Waals surface area contributed by atoms with Gasteiger partial charge in [0.15, 0.2) is 0 Å². The molecule has 0 aliphatic heterocycles. The number of ether oxygens (including phenoxy) is 1. The molecular weight excluding hydrogens is 326 g/mol. The number of hydrogen-bond donors (Lipinski definition) is 2. The third kappa shape index (κ3) is 2.88. The zero-order chi connectivity index (χ0) is 17.3. The highest BCUT2D eigenvalue weighted by Crippen LogP contribution is 2.34. The van der Waals surface area contributed by atoms with Gasteiger partial charge < -0.3 is 15.8 Å². The number of nitrogen functional groups attached to an aromatic ring is 1. The van der Waals surface area contributed by atoms with Gasteiger partial charge in [0.25, 0.3) is 5.91 Å². The monoisotopic (exact) mass is 343 g/mol. The average molecular weight is 343 g/mol. The number of carbonyl (C=O) groups is 1. The largest absolute Gasteiger partial charge is 0.481 e. The van der Waals surface area contributed by atoms with Crippen LogP contribution in [0.3, 0.4) is 0 Å². The summed E-state index contributed by atoms with van der Waals surface area (Å²) < 4.78 is 5.07. The quantitative estimate of drug-likeness (QED) is 0.753. The van der Waals surface area contributed by atoms with Crippen LogP contribution in [0.25, 0.3) is 10.2 Å². The van der Waals surface area contributed by atoms with Gasteiger partial charge in [-0.3, -0.25) is 4.79 Å². The van der Waals surface area contributed by atoms with Crippen molar-refractivity contribution in [3.05, 3.63) is 40.0 Å². The fourth-order valence-corrected chi connectivity index (χ4v) is 3.36. The Bertz CT molecular complexity index is 922. The van der Waals surface area contributed by atoms with Crippen LogP contribution in [0.5, 0.6) is 5.88 Å². The van der Waals surface area contributed by atoms with E-state index in [-0.39, 0.29) is 5.91 Å². The molecule has 7 nitrogen and oxygen atoms in total. The van der Waals surface area contributed by atoms with Crippen molar-refractivity contribution < 1.29 is 9.53 Å². The van der Waals surface area contributed by atoms with Gasteiger partial charge in [-0.15, -0.1) is 16.4 Å². The van der Waals surface area contributed by atoms with Crippen molar-refractivity contribution in [2.24, 2.45) is 0 Å². The Balaban J connectivity index is 1.84. The van der Waals surface area contributed by atoms with E-state index in [9.17, 15) is 4.79 Å². The van der Waals surface area contributed by atoms with E-state index in [2.05, 4.69) is 20.5 Å². The molecule has 0 atom stereocenters. The number of amides is 1. The summed E-state index contributed by atoms with van der Waals surface area (Å²) >= 11 is 1.25. The van der Waals surface area contributed by atoms with Gasteiger partial charge in [0.2, 0.25) is 5.88 Å². The van der Waals surface area contributed by atoms with E-state index in [4.69, 9.17) is 10.5 Å². The molecule has 3 aromatic heterocycles. The van der Waals surface area contributed by atoms with Gasteiger partial charge in [-0.1, -0.05) is 0 Å². The number of nitrogens with zero attached hydrogens (tertiary/aromatic N) is 3. The van der Waals surface area contributed by atoms with Gasteiger partial charge in [0, 0.05) is 24.2 Å². The van der Waals surface area contributed by atoms with Gasteiger partial charge in [0.1, 0.15) is 9.71 Å². The maximum atomic E-state index is 12.5. The number of nitrogens with one attached hydrogen (secondary N) is 1. The molecule has 0 unspecified atom stereocenters. The lowest BCUT2D eigenvalue weighted by atomic mass is 10.1. The summed E-state index contributed by atoms with van der Waals surface area (Å²) in [5.74, 6) is 0.271. The van der Waals surface area contributed by atoms with Crippen LogP contribution in [0.15, 0.2) is 18.3 Å². The van der Waals surface area contributed by atoms with Crippen LogP contribution in [-0.4, -0.2) is 28.2 Å². The maximum Gasteiger partial charge on any atom is 0.263 e. The Hall–Kier alpha value is -2.74. The first-order chi connectivity index (χ1) is 11.5. The number of fused-ring (bicyclic) bond motifs is 1. The number of aromatic nitrogens is 3. The number of hydrogen-bond acceptors (Lipinski definition) is 7. The first-order valence-corrected chi connectivity index (χ1v) is 8.12. The summed E-state index contributed by atoms with van der Waals surface area (Å²) in [6.45, 7) is 4.16. The summed E-state index contributed by atoms with van der Waals surface area (Å²) in [5, 5.41) is 11.9. The molecule has 1 amide bonds. The summed E-state index contributed by atoms with van der Waals surface area (Å²) in [6.07, 6.45) is 1.63. The molecule has 0 spiro atoms. The minimum atomic E-state index is -0.233. The van der Waals surface area contributed by atoms with Gasteiger partial charge in [0.05, 0.1) is 18.5 Å². The third-order valence-corrected chi connectivity index (χ3v) is 4.89. The van der Waals surface area contributed by atoms with E-state index < -0.39 is 0 Å². The molecule has 0 aliphatic rings. The Kier molecular flexibility index (Phi) is 4.30. The zero-order valence-electron chi connectivity index (χ0n) is 13.6. The Morgan fingerprint density at radius 1 is 1.38 bits per heavy atom. The number of carbonyl (C=O) groups excluding carboxylic acids is 1. The Labute approximate surface area is 142 Å². The van der Waals surface area contributed by atoms with Crippen LogP contribution in [-0.2, 0) is 6.54 Å². The molecule has 0 radical (unpaired) electrons. The van der Waals surface area contributed by atoms with Crippen molar-refractivity contribution in [2.45, 2.75) is 20.4 Å². The summed E-state index contributed by atoms with van der Waals surface area (Å²) in [5.41, 5.74) is 9.28. The molecule has 0 saturated heterocycles. The molecule has 0 aliphatic carbocycles. The standard InChI is InChI=1S/C16H17N5O2S/c1-8-9(2)20-21-16-12(8)13(17)14(24-16)15(22)19-7-10-4-5-18-11(6-10)23-3/h4-6H,7,17H2,1-3H3,(H,19,22). The fourth-order valence-electron chi connectivity index (χ4n) is 2.34. The molecule has 3 rings (SSSR count). The van der Waals surface area contributed by atoms with Crippen molar-refractivity contribution in [1.29, 1.82) is 0 Å². The number of anilines is 1. The second kappa shape index (κ2) is 6.40. The van der Waals surface area contributed by atoms with Crippen LogP contribution in [0, 0.1) is 13.8 Å². The average Bonchev–Trinajstić information content (AvgIpc) is 2.93. The van der Waals surface area contributed by atoms with Crippen LogP contribution in [0.2, 0.25) is 0 Å². The van der Waals surface area contributed by atoms with E-state index in [1.54, 1.807) is 19.4 Å². The van der Waals surface area contributed by atoms with Crippen LogP contribution < -0.4 is 15.8 Å². The molecule has 8 heteroatoms. The van der Waals surface area contributed by atoms with E-state index >= 15 is 0 Å². The maximum absolute atomic E-state index is 12.5. The summed E-state index contributed by atoms with van der Waals surface area (Å²) in [6, 6.07) is 3.59. The fraction of sp³-hybridized carbons (Fsp3) is 0.250. The lowest BCUT2D eigenvalue weighted by molar-refractivity contribution is 0.0955. The molecule has 0 saturated carbocycles. The SMILES string of the molecule is COc1cc(CNC(=O)c2sc3nnc(C)c(C)c3c2N)ccn1. The minimum absolute atomic E-state index is 0.233. The second-order valence-corrected chi connectivity index (χ2v) is 6.32. The molecular formula is C16H17N5O2S. The highest BCUT2D eigenvalue weighted by atomic mass is 32.1. The molecule has 0 aromatic carbocycles. The molecule has 124 valence electrons. The van der Waals surface area contributed by atoms with Gasteiger partial charge in [-0.2, -0.15) is 5.10 Å². The second-order valence-electron chi connectivity index (χ2n) is 5.32. The summed E-state index contributed by atoms with van der Waals surface area (Å²) in [4.78, 5) is 17.6. The number of aryl methyl sites for hydroxylation is 2. The minimum Gasteiger partial charge on any atom is -0.481 e. The number of thiophene rings is 1. The van der Waals surface area contributed by atoms with E-state index in [1.807, 2.05) is 19.9 Å². The van der Waals surface area contributed by atoms with Crippen LogP contribution in [0.4, 0.5) is 5.69 Å². The normalized spacial score (nSPS) is 10.8. The van der Waals surface area contributed by atoms with E-state index in [0.717, 1.165) is 22.2 Å². The van der Waals surface area contributed by atoms with Gasteiger partial charge in [-0.05, 0) is 31.0 Å². The molecule has 0 fully saturated rings. The smallest absolute Gasteiger partial charge is 0.263 e. The highest BCUT2D eigenvalue weighted by molar-refractivity contribution is 7.21. The van der Waals surface area contributed by atoms with Gasteiger partial charge in [-0.25, -0.2) is 4.98 Å². The number of pyridine rings is 1. The van der Waals surface area contributed by atoms with Crippen molar-refractivity contribution in [3.63, 3.8) is 0 Å². The predicted molar refractivity (Wildman–Crippen MR) is 93.3 cm³/mol. The molecule has 24 heavy (non-hydrogen) atoms. The Morgan fingerprint density at radius 2 is 2.17 bits per heavy atom. The first-order valence-electron chi connectivity index (χ1n) is 7.30.